The first-order valence-electron chi connectivity index (χ1n) is 13.5. The van der Waals surface area contributed by atoms with E-state index in [0.717, 1.165) is 11.1 Å². The molecule has 0 aliphatic carbocycles. The monoisotopic (exact) mass is 613 g/mol. The molecule has 5 rings (SSSR count). The lowest BCUT2D eigenvalue weighted by atomic mass is 9.95. The highest BCUT2D eigenvalue weighted by Crippen LogP contribution is 2.33. The van der Waals surface area contributed by atoms with Gasteiger partial charge in [-0.15, -0.1) is 12.4 Å². The van der Waals surface area contributed by atoms with Gasteiger partial charge in [0.15, 0.2) is 0 Å². The second-order valence-corrected chi connectivity index (χ2v) is 10.7. The number of carbonyl (C=O) groups is 2. The highest BCUT2D eigenvalue weighted by Gasteiger charge is 2.32. The van der Waals surface area contributed by atoms with Crippen LogP contribution in [0.2, 0.25) is 5.02 Å². The summed E-state index contributed by atoms with van der Waals surface area (Å²) in [5.74, 6) is 0.145. The van der Waals surface area contributed by atoms with Gasteiger partial charge in [-0.1, -0.05) is 48.0 Å². The number of methoxy groups -OCH3 is 1. The Balaban J connectivity index is 0.00000405. The van der Waals surface area contributed by atoms with Crippen molar-refractivity contribution in [2.45, 2.75) is 31.5 Å². The van der Waals surface area contributed by atoms with E-state index in [-0.39, 0.29) is 29.9 Å². The van der Waals surface area contributed by atoms with Crippen LogP contribution in [0.1, 0.15) is 16.7 Å². The summed E-state index contributed by atoms with van der Waals surface area (Å²) in [7, 11) is 1.52. The molecule has 2 atom stereocenters. The number of hydrogen-bond acceptors (Lipinski definition) is 7. The second kappa shape index (κ2) is 13.9. The number of rotatable bonds is 8. The van der Waals surface area contributed by atoms with Gasteiger partial charge in [0.2, 0.25) is 11.8 Å². The van der Waals surface area contributed by atoms with Crippen LogP contribution in [0.4, 0.5) is 11.4 Å². The van der Waals surface area contributed by atoms with Crippen molar-refractivity contribution in [2.24, 2.45) is 0 Å². The van der Waals surface area contributed by atoms with Crippen molar-refractivity contribution in [3.63, 3.8) is 0 Å². The number of piperazine rings is 1. The van der Waals surface area contributed by atoms with Gasteiger partial charge in [0.05, 0.1) is 23.8 Å². The largest absolute Gasteiger partial charge is 0.495 e. The molecule has 2 N–H and O–H groups in total. The topological polar surface area (TPSA) is 117 Å². The number of nitrogens with zero attached hydrogens (tertiary/aromatic N) is 3. The molecule has 2 aliphatic heterocycles. The van der Waals surface area contributed by atoms with Gasteiger partial charge in [0, 0.05) is 56.3 Å². The van der Waals surface area contributed by atoms with E-state index < -0.39 is 17.0 Å². The number of halogens is 2. The number of nitro groups is 1. The molecule has 2 aliphatic rings. The normalized spacial score (nSPS) is 17.0. The van der Waals surface area contributed by atoms with E-state index >= 15 is 0 Å². The zero-order chi connectivity index (χ0) is 28.9. The number of amides is 2. The summed E-state index contributed by atoms with van der Waals surface area (Å²) in [4.78, 5) is 41.8. The molecule has 0 saturated carbocycles. The maximum absolute atomic E-state index is 13.8. The molecule has 42 heavy (non-hydrogen) atoms. The number of anilines is 1. The molecule has 1 saturated heterocycles. The number of benzene rings is 3. The molecule has 222 valence electrons. The van der Waals surface area contributed by atoms with Crippen LogP contribution in [0, 0.1) is 10.1 Å². The highest BCUT2D eigenvalue weighted by atomic mass is 35.5. The predicted molar refractivity (Wildman–Crippen MR) is 164 cm³/mol. The van der Waals surface area contributed by atoms with Gasteiger partial charge >= 0.3 is 0 Å². The van der Waals surface area contributed by atoms with E-state index in [1.54, 1.807) is 23.1 Å². The fourth-order valence-corrected chi connectivity index (χ4v) is 5.52. The minimum atomic E-state index is -0.762. The number of nitro benzene ring substituents is 1. The first-order valence-corrected chi connectivity index (χ1v) is 13.9. The van der Waals surface area contributed by atoms with E-state index in [1.165, 1.54) is 24.8 Å². The lowest BCUT2D eigenvalue weighted by molar-refractivity contribution is -0.384. The van der Waals surface area contributed by atoms with Crippen LogP contribution in [-0.4, -0.2) is 67.0 Å². The fourth-order valence-electron chi connectivity index (χ4n) is 5.40. The van der Waals surface area contributed by atoms with Gasteiger partial charge < -0.3 is 25.2 Å². The summed E-state index contributed by atoms with van der Waals surface area (Å²) in [6, 6.07) is 18.6. The van der Waals surface area contributed by atoms with E-state index in [0.29, 0.717) is 62.0 Å². The van der Waals surface area contributed by atoms with Crippen LogP contribution < -0.4 is 20.3 Å². The molecule has 2 amide bonds. The second-order valence-electron chi connectivity index (χ2n) is 10.2. The van der Waals surface area contributed by atoms with E-state index in [9.17, 15) is 19.7 Å². The lowest BCUT2D eigenvalue weighted by Crippen LogP contribution is -2.58. The molecule has 2 heterocycles. The van der Waals surface area contributed by atoms with Gasteiger partial charge in [-0.25, -0.2) is 0 Å². The van der Waals surface area contributed by atoms with Crippen molar-refractivity contribution in [3.8, 4) is 5.75 Å². The molecule has 0 unspecified atom stereocenters. The van der Waals surface area contributed by atoms with Crippen LogP contribution >= 0.6 is 24.0 Å². The number of nitrogens with one attached hydrogen (secondary N) is 2. The van der Waals surface area contributed by atoms with Gasteiger partial charge in [0.25, 0.3) is 5.69 Å². The summed E-state index contributed by atoms with van der Waals surface area (Å²) in [6.07, 6.45) is 0.873. The Morgan fingerprint density at radius 1 is 1.07 bits per heavy atom. The molecular formula is C30H33Cl2N5O5. The Hall–Kier alpha value is -3.86. The van der Waals surface area contributed by atoms with Crippen LogP contribution in [0.3, 0.4) is 0 Å². The number of hydrogen-bond donors (Lipinski definition) is 2. The SMILES string of the molecule is COc1ccc([N+](=O)[O-])cc1N1CCN(C(=O)[C@@H](Cc2ccc(Cl)cc2)NC(=O)[C@H]2Cc3ccccc3CN2)CC1.Cl. The molecule has 3 aromatic carbocycles. The maximum atomic E-state index is 13.8. The molecule has 10 nitrogen and oxygen atoms in total. The first kappa shape index (κ1) is 31.1. The van der Waals surface area contributed by atoms with Crippen molar-refractivity contribution in [2.75, 3.05) is 38.2 Å². The van der Waals surface area contributed by atoms with Gasteiger partial charge in [-0.2, -0.15) is 0 Å². The third-order valence-electron chi connectivity index (χ3n) is 7.67. The summed E-state index contributed by atoms with van der Waals surface area (Å²) < 4.78 is 5.44. The Bertz CT molecular complexity index is 1430. The van der Waals surface area contributed by atoms with E-state index in [1.807, 2.05) is 41.3 Å². The van der Waals surface area contributed by atoms with Crippen molar-refractivity contribution in [3.05, 3.63) is 98.6 Å². The molecule has 3 aromatic rings. The number of non-ortho nitro benzene ring substituents is 1. The van der Waals surface area contributed by atoms with Crippen molar-refractivity contribution in [1.29, 1.82) is 0 Å². The van der Waals surface area contributed by atoms with Crippen LogP contribution in [-0.2, 0) is 29.0 Å². The standard InChI is InChI=1S/C30H32ClN5O5.ClH/c1-41-28-11-10-24(36(39)40)18-27(28)34-12-14-35(15-13-34)30(38)26(16-20-6-8-23(31)9-7-20)33-29(37)25-17-21-4-2-3-5-22(21)19-32-25;/h2-11,18,25-26,32H,12-17,19H2,1H3,(H,33,37);1H/t25-,26-;/m1./s1. The smallest absolute Gasteiger partial charge is 0.271 e. The minimum Gasteiger partial charge on any atom is -0.495 e. The van der Waals surface area contributed by atoms with Crippen LogP contribution in [0.15, 0.2) is 66.7 Å². The molecule has 12 heteroatoms. The number of ether oxygens (including phenoxy) is 1. The molecule has 0 spiro atoms. The van der Waals surface area contributed by atoms with Crippen molar-refractivity contribution in [1.82, 2.24) is 15.5 Å². The third kappa shape index (κ3) is 7.13. The average Bonchev–Trinajstić information content (AvgIpc) is 3.00. The van der Waals surface area contributed by atoms with Crippen molar-refractivity contribution >= 4 is 47.2 Å². The summed E-state index contributed by atoms with van der Waals surface area (Å²) in [6.45, 7) is 2.31. The molecule has 1 fully saturated rings. The molecular weight excluding hydrogens is 581 g/mol. The van der Waals surface area contributed by atoms with Gasteiger partial charge in [-0.3, -0.25) is 19.7 Å². The summed E-state index contributed by atoms with van der Waals surface area (Å²) >= 11 is 6.07. The zero-order valence-electron chi connectivity index (χ0n) is 23.1. The number of fused-ring (bicyclic) bond motifs is 1. The van der Waals surface area contributed by atoms with Crippen LogP contribution in [0.5, 0.6) is 5.75 Å². The Kier molecular flexibility index (Phi) is 10.3. The van der Waals surface area contributed by atoms with E-state index in [2.05, 4.69) is 10.6 Å². The van der Waals surface area contributed by atoms with E-state index in [4.69, 9.17) is 16.3 Å². The Labute approximate surface area is 255 Å². The molecule has 0 aromatic heterocycles. The number of carbonyl (C=O) groups excluding carboxylic acids is 2. The molecule has 0 bridgehead atoms. The predicted octanol–water partition coefficient (Wildman–Crippen LogP) is 3.77. The Morgan fingerprint density at radius 2 is 1.76 bits per heavy atom. The first-order chi connectivity index (χ1) is 19.8. The van der Waals surface area contributed by atoms with Crippen molar-refractivity contribution < 1.29 is 19.2 Å². The van der Waals surface area contributed by atoms with Gasteiger partial charge in [-0.05, 0) is 41.3 Å². The summed E-state index contributed by atoms with van der Waals surface area (Å²) in [5.41, 5.74) is 3.77. The minimum absolute atomic E-state index is 0. The fraction of sp³-hybridized carbons (Fsp3) is 0.333. The van der Waals surface area contributed by atoms with Crippen LogP contribution in [0.25, 0.3) is 0 Å². The Morgan fingerprint density at radius 3 is 2.43 bits per heavy atom. The zero-order valence-corrected chi connectivity index (χ0v) is 24.7. The average molecular weight is 615 g/mol. The van der Waals surface area contributed by atoms with Gasteiger partial charge in [0.1, 0.15) is 11.8 Å². The lowest BCUT2D eigenvalue weighted by Gasteiger charge is -2.38. The highest BCUT2D eigenvalue weighted by molar-refractivity contribution is 6.30. The summed E-state index contributed by atoms with van der Waals surface area (Å²) in [5, 5.41) is 18.2. The molecule has 0 radical (unpaired) electrons. The third-order valence-corrected chi connectivity index (χ3v) is 7.92. The maximum Gasteiger partial charge on any atom is 0.271 e. The quantitative estimate of drug-likeness (QED) is 0.293.